The van der Waals surface area contributed by atoms with Crippen molar-refractivity contribution in [2.45, 2.75) is 13.0 Å². The van der Waals surface area contributed by atoms with Gasteiger partial charge in [-0.05, 0) is 18.5 Å². The highest BCUT2D eigenvalue weighted by molar-refractivity contribution is 7.08. The molecule has 0 spiro atoms. The lowest BCUT2D eigenvalue weighted by molar-refractivity contribution is -0.140. The van der Waals surface area contributed by atoms with Gasteiger partial charge < -0.3 is 9.26 Å². The highest BCUT2D eigenvalue weighted by Crippen LogP contribution is 2.18. The number of carbonyl (C=O) groups excluding carboxylic acids is 1. The molecule has 0 aliphatic carbocycles. The summed E-state index contributed by atoms with van der Waals surface area (Å²) in [5.41, 5.74) is 0.956. The van der Waals surface area contributed by atoms with Crippen molar-refractivity contribution in [1.29, 1.82) is 0 Å². The van der Waals surface area contributed by atoms with Gasteiger partial charge in [0.25, 0.3) is 0 Å². The topological polar surface area (TPSA) is 68.5 Å². The molecule has 2 heterocycles. The first-order valence-electron chi connectivity index (χ1n) is 5.79. The molecule has 0 N–H and O–H groups in total. The van der Waals surface area contributed by atoms with Gasteiger partial charge in [-0.25, -0.2) is 0 Å². The molecule has 0 amide bonds. The van der Waals surface area contributed by atoms with E-state index in [2.05, 4.69) is 14.9 Å². The van der Waals surface area contributed by atoms with E-state index >= 15 is 0 Å². The summed E-state index contributed by atoms with van der Waals surface area (Å²) in [5.74, 6) is 0.905. The number of esters is 1. The van der Waals surface area contributed by atoms with Gasteiger partial charge in [0, 0.05) is 17.5 Å². The molecular weight excluding hydrogens is 266 g/mol. The zero-order valence-corrected chi connectivity index (χ0v) is 11.6. The number of aromatic nitrogens is 2. The van der Waals surface area contributed by atoms with Crippen molar-refractivity contribution in [3.05, 3.63) is 22.7 Å². The third kappa shape index (κ3) is 3.87. The maximum absolute atomic E-state index is 11.0. The van der Waals surface area contributed by atoms with Gasteiger partial charge in [-0.1, -0.05) is 5.16 Å². The van der Waals surface area contributed by atoms with Crippen LogP contribution in [0, 0.1) is 0 Å². The van der Waals surface area contributed by atoms with Crippen LogP contribution < -0.4 is 0 Å². The van der Waals surface area contributed by atoms with Crippen LogP contribution in [0.3, 0.4) is 0 Å². The molecule has 0 fully saturated rings. The summed E-state index contributed by atoms with van der Waals surface area (Å²) in [4.78, 5) is 17.3. The van der Waals surface area contributed by atoms with E-state index in [9.17, 15) is 4.79 Å². The Kier molecular flexibility index (Phi) is 4.64. The van der Waals surface area contributed by atoms with Crippen molar-refractivity contribution < 1.29 is 14.1 Å². The van der Waals surface area contributed by atoms with Crippen molar-refractivity contribution in [2.24, 2.45) is 0 Å². The lowest BCUT2D eigenvalue weighted by Crippen LogP contribution is -2.22. The first-order chi connectivity index (χ1) is 9.19. The van der Waals surface area contributed by atoms with Crippen molar-refractivity contribution in [3.63, 3.8) is 0 Å². The van der Waals surface area contributed by atoms with E-state index in [0.29, 0.717) is 31.2 Å². The summed E-state index contributed by atoms with van der Waals surface area (Å²) >= 11 is 1.59. The molecule has 0 saturated heterocycles. The van der Waals surface area contributed by atoms with Crippen LogP contribution in [0.15, 0.2) is 21.3 Å². The summed E-state index contributed by atoms with van der Waals surface area (Å²) in [6.07, 6.45) is 0.346. The van der Waals surface area contributed by atoms with Gasteiger partial charge in [-0.15, -0.1) is 0 Å². The minimum absolute atomic E-state index is 0.226. The highest BCUT2D eigenvalue weighted by atomic mass is 32.1. The third-order valence-electron chi connectivity index (χ3n) is 2.58. The Morgan fingerprint density at radius 3 is 3.11 bits per heavy atom. The average molecular weight is 281 g/mol. The summed E-state index contributed by atoms with van der Waals surface area (Å²) in [6, 6.07) is 1.94. The SMILES string of the molecule is COC(=O)CCN(C)Cc1nc(-c2ccsc2)no1. The molecule has 6 nitrogen and oxygen atoms in total. The van der Waals surface area contributed by atoms with E-state index in [1.165, 1.54) is 7.11 Å². The number of carbonyl (C=O) groups is 1. The predicted octanol–water partition coefficient (Wildman–Crippen LogP) is 1.79. The molecule has 2 aromatic heterocycles. The smallest absolute Gasteiger partial charge is 0.306 e. The first-order valence-corrected chi connectivity index (χ1v) is 6.74. The second kappa shape index (κ2) is 6.44. The van der Waals surface area contributed by atoms with Crippen LogP contribution >= 0.6 is 11.3 Å². The molecule has 0 aliphatic heterocycles. The van der Waals surface area contributed by atoms with Crippen LogP contribution in [0.2, 0.25) is 0 Å². The van der Waals surface area contributed by atoms with Crippen LogP contribution in [0.4, 0.5) is 0 Å². The summed E-state index contributed by atoms with van der Waals surface area (Å²) in [7, 11) is 3.27. The van der Waals surface area contributed by atoms with Gasteiger partial charge >= 0.3 is 5.97 Å². The third-order valence-corrected chi connectivity index (χ3v) is 3.26. The van der Waals surface area contributed by atoms with Gasteiger partial charge in [0.1, 0.15) is 0 Å². The van der Waals surface area contributed by atoms with Crippen LogP contribution in [-0.2, 0) is 16.1 Å². The van der Waals surface area contributed by atoms with Crippen molar-refractivity contribution in [2.75, 3.05) is 20.7 Å². The Bertz CT molecular complexity index is 524. The Morgan fingerprint density at radius 1 is 1.58 bits per heavy atom. The van der Waals surface area contributed by atoms with Crippen molar-refractivity contribution in [3.8, 4) is 11.4 Å². The fraction of sp³-hybridized carbons (Fsp3) is 0.417. The van der Waals surface area contributed by atoms with Crippen molar-refractivity contribution >= 4 is 17.3 Å². The Balaban J connectivity index is 1.88. The molecule has 19 heavy (non-hydrogen) atoms. The van der Waals surface area contributed by atoms with E-state index in [0.717, 1.165) is 5.56 Å². The Labute approximate surface area is 115 Å². The fourth-order valence-electron chi connectivity index (χ4n) is 1.52. The van der Waals surface area contributed by atoms with Gasteiger partial charge in [-0.3, -0.25) is 9.69 Å². The molecule has 0 aromatic carbocycles. The Morgan fingerprint density at radius 2 is 2.42 bits per heavy atom. The molecule has 0 unspecified atom stereocenters. The maximum Gasteiger partial charge on any atom is 0.306 e. The van der Waals surface area contributed by atoms with E-state index in [1.807, 2.05) is 28.8 Å². The van der Waals surface area contributed by atoms with Crippen LogP contribution in [0.5, 0.6) is 0 Å². The second-order valence-electron chi connectivity index (χ2n) is 4.09. The lowest BCUT2D eigenvalue weighted by atomic mass is 10.3. The zero-order chi connectivity index (χ0) is 13.7. The lowest BCUT2D eigenvalue weighted by Gasteiger charge is -2.12. The molecule has 0 aliphatic rings. The molecule has 7 heteroatoms. The maximum atomic E-state index is 11.0. The van der Waals surface area contributed by atoms with Gasteiger partial charge in [0.05, 0.1) is 20.1 Å². The first kappa shape index (κ1) is 13.7. The molecule has 0 saturated carbocycles. The van der Waals surface area contributed by atoms with Gasteiger partial charge in [0.2, 0.25) is 11.7 Å². The van der Waals surface area contributed by atoms with Crippen LogP contribution in [0.25, 0.3) is 11.4 Å². The summed E-state index contributed by atoms with van der Waals surface area (Å²) in [6.45, 7) is 1.09. The van der Waals surface area contributed by atoms with Crippen molar-refractivity contribution in [1.82, 2.24) is 15.0 Å². The second-order valence-corrected chi connectivity index (χ2v) is 4.87. The molecular formula is C12H15N3O3S. The van der Waals surface area contributed by atoms with E-state index in [-0.39, 0.29) is 5.97 Å². The standard InChI is InChI=1S/C12H15N3O3S/c1-15(5-3-11(16)17-2)7-10-13-12(14-18-10)9-4-6-19-8-9/h4,6,8H,3,5,7H2,1-2H3. The zero-order valence-electron chi connectivity index (χ0n) is 10.8. The predicted molar refractivity (Wildman–Crippen MR) is 70.6 cm³/mol. The number of thiophene rings is 1. The number of methoxy groups -OCH3 is 1. The number of ether oxygens (including phenoxy) is 1. The average Bonchev–Trinajstić information content (AvgIpc) is 3.06. The molecule has 0 radical (unpaired) electrons. The van der Waals surface area contributed by atoms with E-state index in [4.69, 9.17) is 4.52 Å². The largest absolute Gasteiger partial charge is 0.469 e. The van der Waals surface area contributed by atoms with Crippen LogP contribution in [-0.4, -0.2) is 41.7 Å². The quantitative estimate of drug-likeness (QED) is 0.752. The number of nitrogens with zero attached hydrogens (tertiary/aromatic N) is 3. The number of hydrogen-bond acceptors (Lipinski definition) is 7. The van der Waals surface area contributed by atoms with Crippen LogP contribution in [0.1, 0.15) is 12.3 Å². The van der Waals surface area contributed by atoms with Gasteiger partial charge in [0.15, 0.2) is 0 Å². The van der Waals surface area contributed by atoms with E-state index in [1.54, 1.807) is 11.3 Å². The van der Waals surface area contributed by atoms with Gasteiger partial charge in [-0.2, -0.15) is 16.3 Å². The summed E-state index contributed by atoms with van der Waals surface area (Å²) < 4.78 is 9.77. The number of rotatable bonds is 6. The molecule has 102 valence electrons. The minimum Gasteiger partial charge on any atom is -0.469 e. The highest BCUT2D eigenvalue weighted by Gasteiger charge is 2.11. The fourth-order valence-corrected chi connectivity index (χ4v) is 2.16. The molecule has 0 atom stereocenters. The minimum atomic E-state index is -0.226. The summed E-state index contributed by atoms with van der Waals surface area (Å²) in [5, 5.41) is 7.86. The normalized spacial score (nSPS) is 10.9. The molecule has 2 rings (SSSR count). The number of hydrogen-bond donors (Lipinski definition) is 0. The monoisotopic (exact) mass is 281 g/mol. The Hall–Kier alpha value is -1.73. The molecule has 2 aromatic rings. The molecule has 0 bridgehead atoms. The van der Waals surface area contributed by atoms with E-state index < -0.39 is 0 Å².